The van der Waals surface area contributed by atoms with E-state index in [0.717, 1.165) is 11.1 Å². The summed E-state index contributed by atoms with van der Waals surface area (Å²) in [5.41, 5.74) is -0.118. The molecular formula is C12H11ClN4O3S. The van der Waals surface area contributed by atoms with Crippen LogP contribution in [0.5, 0.6) is 0 Å². The Morgan fingerprint density at radius 3 is 2.86 bits per heavy atom. The fraction of sp³-hybridized carbons (Fsp3) is 0.167. The summed E-state index contributed by atoms with van der Waals surface area (Å²) in [6.45, 7) is 0.294. The molecule has 0 aliphatic carbocycles. The zero-order valence-corrected chi connectivity index (χ0v) is 12.5. The molecule has 0 bridgehead atoms. The molecule has 0 atom stereocenters. The van der Waals surface area contributed by atoms with Gasteiger partial charge in [0.1, 0.15) is 12.0 Å². The molecule has 0 radical (unpaired) electrons. The van der Waals surface area contributed by atoms with E-state index >= 15 is 0 Å². The molecule has 7 nitrogen and oxygen atoms in total. The van der Waals surface area contributed by atoms with Crippen molar-refractivity contribution >= 4 is 40.4 Å². The van der Waals surface area contributed by atoms with Crippen molar-refractivity contribution in [3.05, 3.63) is 49.3 Å². The SMILES string of the molecule is CNc1ncc([N+](=O)[O-])cc1C(=O)NCc1ccc(Cl)s1. The number of halogens is 1. The maximum absolute atomic E-state index is 12.1. The predicted molar refractivity (Wildman–Crippen MR) is 80.9 cm³/mol. The highest BCUT2D eigenvalue weighted by atomic mass is 35.5. The second kappa shape index (κ2) is 6.51. The van der Waals surface area contributed by atoms with Crippen molar-refractivity contribution in [1.29, 1.82) is 0 Å². The molecule has 0 fully saturated rings. The number of nitrogens with zero attached hydrogens (tertiary/aromatic N) is 2. The molecule has 0 spiro atoms. The lowest BCUT2D eigenvalue weighted by molar-refractivity contribution is -0.385. The van der Waals surface area contributed by atoms with Crippen molar-refractivity contribution in [2.75, 3.05) is 12.4 Å². The van der Waals surface area contributed by atoms with Gasteiger partial charge in [-0.15, -0.1) is 11.3 Å². The molecule has 2 aromatic rings. The number of hydrogen-bond acceptors (Lipinski definition) is 6. The van der Waals surface area contributed by atoms with E-state index in [2.05, 4.69) is 15.6 Å². The van der Waals surface area contributed by atoms with Gasteiger partial charge in [0.25, 0.3) is 11.6 Å². The molecule has 0 saturated carbocycles. The topological polar surface area (TPSA) is 97.2 Å². The third-order valence-corrected chi connectivity index (χ3v) is 3.85. The highest BCUT2D eigenvalue weighted by Gasteiger charge is 2.17. The first-order valence-corrected chi connectivity index (χ1v) is 7.05. The van der Waals surface area contributed by atoms with Gasteiger partial charge >= 0.3 is 0 Å². The standard InChI is InChI=1S/C12H11ClN4O3S/c1-14-11-9(4-7(5-15-11)17(19)20)12(18)16-6-8-2-3-10(13)21-8/h2-5H,6H2,1H3,(H,14,15)(H,16,18). The van der Waals surface area contributed by atoms with Crippen LogP contribution in [-0.2, 0) is 6.54 Å². The van der Waals surface area contributed by atoms with Crippen molar-refractivity contribution < 1.29 is 9.72 Å². The molecule has 1 amide bonds. The van der Waals surface area contributed by atoms with Crippen LogP contribution in [0.1, 0.15) is 15.2 Å². The maximum Gasteiger partial charge on any atom is 0.288 e. The van der Waals surface area contributed by atoms with Gasteiger partial charge in [-0.3, -0.25) is 14.9 Å². The van der Waals surface area contributed by atoms with Crippen molar-refractivity contribution in [3.63, 3.8) is 0 Å². The molecule has 2 heterocycles. The van der Waals surface area contributed by atoms with Gasteiger partial charge in [0.2, 0.25) is 0 Å². The molecule has 0 unspecified atom stereocenters. The summed E-state index contributed by atoms with van der Waals surface area (Å²) >= 11 is 7.16. The number of pyridine rings is 1. The van der Waals surface area contributed by atoms with Crippen molar-refractivity contribution in [2.45, 2.75) is 6.54 Å². The quantitative estimate of drug-likeness (QED) is 0.650. The van der Waals surface area contributed by atoms with Gasteiger partial charge < -0.3 is 10.6 Å². The van der Waals surface area contributed by atoms with E-state index in [-0.39, 0.29) is 17.1 Å². The lowest BCUT2D eigenvalue weighted by atomic mass is 10.2. The van der Waals surface area contributed by atoms with Crippen LogP contribution in [0, 0.1) is 10.1 Å². The molecular weight excluding hydrogens is 316 g/mol. The Bertz CT molecular complexity index is 689. The molecule has 21 heavy (non-hydrogen) atoms. The lowest BCUT2D eigenvalue weighted by Crippen LogP contribution is -2.23. The van der Waals surface area contributed by atoms with Crippen LogP contribution in [-0.4, -0.2) is 22.9 Å². The number of rotatable bonds is 5. The molecule has 0 saturated heterocycles. The van der Waals surface area contributed by atoms with E-state index in [9.17, 15) is 14.9 Å². The number of carbonyl (C=O) groups is 1. The molecule has 0 aromatic carbocycles. The van der Waals surface area contributed by atoms with Crippen LogP contribution in [0.2, 0.25) is 4.34 Å². The minimum atomic E-state index is -0.595. The third-order valence-electron chi connectivity index (χ3n) is 2.62. The largest absolute Gasteiger partial charge is 0.372 e. The number of carbonyl (C=O) groups excluding carboxylic acids is 1. The number of thiophene rings is 1. The minimum Gasteiger partial charge on any atom is -0.372 e. The van der Waals surface area contributed by atoms with Crippen LogP contribution in [0.4, 0.5) is 11.5 Å². The lowest BCUT2D eigenvalue weighted by Gasteiger charge is -2.08. The molecule has 9 heteroatoms. The average molecular weight is 327 g/mol. The smallest absolute Gasteiger partial charge is 0.288 e. The number of hydrogen-bond donors (Lipinski definition) is 2. The van der Waals surface area contributed by atoms with E-state index in [4.69, 9.17) is 11.6 Å². The first-order valence-electron chi connectivity index (χ1n) is 5.86. The predicted octanol–water partition coefficient (Wildman–Crippen LogP) is 2.68. The second-order valence-electron chi connectivity index (χ2n) is 3.99. The fourth-order valence-corrected chi connectivity index (χ4v) is 2.66. The van der Waals surface area contributed by atoms with Gasteiger partial charge in [0.15, 0.2) is 0 Å². The number of aromatic nitrogens is 1. The van der Waals surface area contributed by atoms with Crippen molar-refractivity contribution in [3.8, 4) is 0 Å². The second-order valence-corrected chi connectivity index (χ2v) is 5.78. The highest BCUT2D eigenvalue weighted by molar-refractivity contribution is 7.16. The van der Waals surface area contributed by atoms with Crippen LogP contribution in [0.15, 0.2) is 24.4 Å². The summed E-state index contributed by atoms with van der Waals surface area (Å²) in [5.74, 6) is -0.164. The van der Waals surface area contributed by atoms with Crippen LogP contribution in [0.25, 0.3) is 0 Å². The first-order chi connectivity index (χ1) is 10.0. The normalized spacial score (nSPS) is 10.2. The number of nitrogens with one attached hydrogen (secondary N) is 2. The van der Waals surface area contributed by atoms with E-state index in [1.54, 1.807) is 19.2 Å². The van der Waals surface area contributed by atoms with Crippen LogP contribution < -0.4 is 10.6 Å². The Hall–Kier alpha value is -2.19. The first kappa shape index (κ1) is 15.2. The van der Waals surface area contributed by atoms with Crippen molar-refractivity contribution in [2.24, 2.45) is 0 Å². The highest BCUT2D eigenvalue weighted by Crippen LogP contribution is 2.22. The van der Waals surface area contributed by atoms with E-state index in [1.165, 1.54) is 17.4 Å². The summed E-state index contributed by atoms with van der Waals surface area (Å²) < 4.78 is 0.632. The van der Waals surface area contributed by atoms with E-state index < -0.39 is 10.8 Å². The Morgan fingerprint density at radius 1 is 1.52 bits per heavy atom. The number of amides is 1. The molecule has 2 rings (SSSR count). The number of anilines is 1. The Kier molecular flexibility index (Phi) is 4.71. The van der Waals surface area contributed by atoms with Crippen molar-refractivity contribution in [1.82, 2.24) is 10.3 Å². The van der Waals surface area contributed by atoms with Gasteiger partial charge in [-0.1, -0.05) is 11.6 Å². The Balaban J connectivity index is 2.17. The molecule has 2 aromatic heterocycles. The monoisotopic (exact) mass is 326 g/mol. The summed E-state index contributed by atoms with van der Waals surface area (Å²) in [7, 11) is 1.59. The van der Waals surface area contributed by atoms with Gasteiger partial charge in [0, 0.05) is 18.0 Å². The van der Waals surface area contributed by atoms with Crippen LogP contribution >= 0.6 is 22.9 Å². The molecule has 2 N–H and O–H groups in total. The zero-order valence-electron chi connectivity index (χ0n) is 10.9. The molecule has 0 aliphatic heterocycles. The fourth-order valence-electron chi connectivity index (χ4n) is 1.64. The Labute approximate surface area is 129 Å². The van der Waals surface area contributed by atoms with E-state index in [1.807, 2.05) is 0 Å². The number of nitro groups is 1. The molecule has 110 valence electrons. The Morgan fingerprint density at radius 2 is 2.29 bits per heavy atom. The van der Waals surface area contributed by atoms with Gasteiger partial charge in [-0.05, 0) is 12.1 Å². The van der Waals surface area contributed by atoms with Crippen LogP contribution in [0.3, 0.4) is 0 Å². The summed E-state index contributed by atoms with van der Waals surface area (Å²) in [6, 6.07) is 4.73. The average Bonchev–Trinajstić information content (AvgIpc) is 2.89. The summed E-state index contributed by atoms with van der Waals surface area (Å²) in [4.78, 5) is 27.1. The maximum atomic E-state index is 12.1. The third kappa shape index (κ3) is 3.67. The molecule has 0 aliphatic rings. The van der Waals surface area contributed by atoms with E-state index in [0.29, 0.717) is 10.9 Å². The minimum absolute atomic E-state index is 0.120. The zero-order chi connectivity index (χ0) is 15.4. The summed E-state index contributed by atoms with van der Waals surface area (Å²) in [6.07, 6.45) is 1.10. The van der Waals surface area contributed by atoms with Gasteiger partial charge in [-0.2, -0.15) is 0 Å². The summed E-state index contributed by atoms with van der Waals surface area (Å²) in [5, 5.41) is 16.2. The van der Waals surface area contributed by atoms with Gasteiger partial charge in [-0.25, -0.2) is 4.98 Å². The van der Waals surface area contributed by atoms with Gasteiger partial charge in [0.05, 0.1) is 21.4 Å².